The lowest BCUT2D eigenvalue weighted by atomic mass is 9.87. The third kappa shape index (κ3) is 1.90. The molecule has 92 valence electrons. The third-order valence-electron chi connectivity index (χ3n) is 3.37. The zero-order valence-corrected chi connectivity index (χ0v) is 11.1. The lowest BCUT2D eigenvalue weighted by molar-refractivity contribution is 0.0692. The monoisotopic (exact) mass is 233 g/mol. The van der Waals surface area contributed by atoms with Gasteiger partial charge in [-0.1, -0.05) is 17.7 Å². The summed E-state index contributed by atoms with van der Waals surface area (Å²) < 4.78 is 5.54. The Bertz CT molecular complexity index is 458. The van der Waals surface area contributed by atoms with Gasteiger partial charge in [0, 0.05) is 12.6 Å². The maximum atomic E-state index is 11.6. The smallest absolute Gasteiger partial charge is 0.410 e. The van der Waals surface area contributed by atoms with E-state index in [1.54, 1.807) is 11.9 Å². The van der Waals surface area contributed by atoms with Gasteiger partial charge < -0.3 is 9.64 Å². The largest absolute Gasteiger partial charge is 0.436 e. The molecule has 1 unspecified atom stereocenters. The van der Waals surface area contributed by atoms with Crippen LogP contribution in [0.1, 0.15) is 29.2 Å². The summed E-state index contributed by atoms with van der Waals surface area (Å²) >= 11 is 0. The zero-order valence-electron chi connectivity index (χ0n) is 11.1. The van der Waals surface area contributed by atoms with Crippen molar-refractivity contribution in [1.29, 1.82) is 0 Å². The fraction of sp³-hybridized carbons (Fsp3) is 0.500. The number of aryl methyl sites for hydroxylation is 3. The number of carbonyl (C=O) groups excluding carboxylic acids is 1. The minimum atomic E-state index is -0.520. The van der Waals surface area contributed by atoms with E-state index in [0.29, 0.717) is 6.54 Å². The summed E-state index contributed by atoms with van der Waals surface area (Å²) in [5.41, 5.74) is 4.24. The summed E-state index contributed by atoms with van der Waals surface area (Å²) in [6.45, 7) is 8.83. The normalized spacial score (nSPS) is 24.1. The first-order valence-corrected chi connectivity index (χ1v) is 5.86. The van der Waals surface area contributed by atoms with Gasteiger partial charge in [0.2, 0.25) is 0 Å². The summed E-state index contributed by atoms with van der Waals surface area (Å²) in [4.78, 5) is 13.2. The van der Waals surface area contributed by atoms with Crippen molar-refractivity contribution < 1.29 is 9.53 Å². The minimum absolute atomic E-state index is 0.244. The van der Waals surface area contributed by atoms with Crippen molar-refractivity contribution in [2.24, 2.45) is 0 Å². The van der Waals surface area contributed by atoms with Crippen LogP contribution in [0, 0.1) is 20.8 Å². The molecule has 1 fully saturated rings. The van der Waals surface area contributed by atoms with E-state index in [-0.39, 0.29) is 6.09 Å². The van der Waals surface area contributed by atoms with E-state index >= 15 is 0 Å². The predicted octanol–water partition coefficient (Wildman–Crippen LogP) is 2.91. The van der Waals surface area contributed by atoms with Gasteiger partial charge in [0.1, 0.15) is 0 Å². The Morgan fingerprint density at radius 3 is 2.18 bits per heavy atom. The molecule has 1 aliphatic rings. The Kier molecular flexibility index (Phi) is 2.64. The summed E-state index contributed by atoms with van der Waals surface area (Å²) in [7, 11) is 1.77. The van der Waals surface area contributed by atoms with Crippen molar-refractivity contribution in [3.8, 4) is 0 Å². The Morgan fingerprint density at radius 1 is 1.24 bits per heavy atom. The number of rotatable bonds is 1. The van der Waals surface area contributed by atoms with Gasteiger partial charge in [-0.15, -0.1) is 0 Å². The molecule has 0 aromatic heterocycles. The van der Waals surface area contributed by atoms with E-state index < -0.39 is 5.60 Å². The molecule has 1 aliphatic heterocycles. The van der Waals surface area contributed by atoms with Crippen LogP contribution in [-0.2, 0) is 10.3 Å². The molecule has 3 nitrogen and oxygen atoms in total. The highest BCUT2D eigenvalue weighted by molar-refractivity contribution is 5.71. The SMILES string of the molecule is Cc1cc(C)c(C2(C)CN(C)C(=O)O2)c(C)c1. The minimum Gasteiger partial charge on any atom is -0.436 e. The van der Waals surface area contributed by atoms with Crippen molar-refractivity contribution in [3.05, 3.63) is 34.4 Å². The van der Waals surface area contributed by atoms with E-state index in [4.69, 9.17) is 4.74 Å². The van der Waals surface area contributed by atoms with Gasteiger partial charge in [0.15, 0.2) is 5.60 Å². The highest BCUT2D eigenvalue weighted by Gasteiger charge is 2.42. The van der Waals surface area contributed by atoms with Gasteiger partial charge in [-0.05, 0) is 38.8 Å². The first-order chi connectivity index (χ1) is 7.83. The van der Waals surface area contributed by atoms with E-state index in [1.165, 1.54) is 16.7 Å². The molecule has 0 bridgehead atoms. The number of nitrogens with zero attached hydrogens (tertiary/aromatic N) is 1. The molecule has 1 aromatic rings. The molecular formula is C14H19NO2. The Hall–Kier alpha value is -1.51. The van der Waals surface area contributed by atoms with E-state index in [2.05, 4.69) is 32.9 Å². The van der Waals surface area contributed by atoms with Gasteiger partial charge in [-0.2, -0.15) is 0 Å². The fourth-order valence-corrected chi connectivity index (χ4v) is 2.96. The van der Waals surface area contributed by atoms with Crippen LogP contribution in [0.25, 0.3) is 0 Å². The molecular weight excluding hydrogens is 214 g/mol. The summed E-state index contributed by atoms with van der Waals surface area (Å²) in [5.74, 6) is 0. The van der Waals surface area contributed by atoms with Crippen molar-refractivity contribution in [2.45, 2.75) is 33.3 Å². The van der Waals surface area contributed by atoms with E-state index in [0.717, 1.165) is 5.56 Å². The Morgan fingerprint density at radius 2 is 1.76 bits per heavy atom. The van der Waals surface area contributed by atoms with Gasteiger partial charge in [-0.25, -0.2) is 4.79 Å². The first kappa shape index (κ1) is 12.0. The highest BCUT2D eigenvalue weighted by atomic mass is 16.6. The average Bonchev–Trinajstić information content (AvgIpc) is 2.38. The maximum Gasteiger partial charge on any atom is 0.410 e. The van der Waals surface area contributed by atoms with Crippen molar-refractivity contribution in [3.63, 3.8) is 0 Å². The predicted molar refractivity (Wildman–Crippen MR) is 67.1 cm³/mol. The molecule has 0 radical (unpaired) electrons. The van der Waals surface area contributed by atoms with Gasteiger partial charge >= 0.3 is 6.09 Å². The number of cyclic esters (lactones) is 1. The second-order valence-corrected chi connectivity index (χ2v) is 5.23. The number of ether oxygens (including phenoxy) is 1. The molecule has 17 heavy (non-hydrogen) atoms. The molecule has 1 aromatic carbocycles. The second-order valence-electron chi connectivity index (χ2n) is 5.23. The molecule has 0 aliphatic carbocycles. The van der Waals surface area contributed by atoms with Gasteiger partial charge in [0.25, 0.3) is 0 Å². The lowest BCUT2D eigenvalue weighted by Crippen LogP contribution is -2.29. The molecule has 0 spiro atoms. The summed E-state index contributed by atoms with van der Waals surface area (Å²) in [6, 6.07) is 4.28. The lowest BCUT2D eigenvalue weighted by Gasteiger charge is -2.26. The third-order valence-corrected chi connectivity index (χ3v) is 3.37. The topological polar surface area (TPSA) is 29.5 Å². The number of amides is 1. The van der Waals surface area contributed by atoms with Crippen LogP contribution in [0.3, 0.4) is 0 Å². The Balaban J connectivity index is 2.51. The van der Waals surface area contributed by atoms with Crippen LogP contribution in [0.15, 0.2) is 12.1 Å². The molecule has 1 saturated heterocycles. The van der Waals surface area contributed by atoms with Crippen LogP contribution in [0.5, 0.6) is 0 Å². The van der Waals surface area contributed by atoms with E-state index in [1.807, 2.05) is 6.92 Å². The van der Waals surface area contributed by atoms with Crippen LogP contribution < -0.4 is 0 Å². The molecule has 3 heteroatoms. The van der Waals surface area contributed by atoms with E-state index in [9.17, 15) is 4.79 Å². The maximum absolute atomic E-state index is 11.6. The molecule has 1 atom stereocenters. The van der Waals surface area contributed by atoms with Gasteiger partial charge in [-0.3, -0.25) is 0 Å². The summed E-state index contributed by atoms with van der Waals surface area (Å²) in [5, 5.41) is 0. The zero-order chi connectivity index (χ0) is 12.8. The number of likely N-dealkylation sites (N-methyl/N-ethyl adjacent to an activating group) is 1. The molecule has 0 saturated carbocycles. The second kappa shape index (κ2) is 3.76. The number of hydrogen-bond acceptors (Lipinski definition) is 2. The van der Waals surface area contributed by atoms with Crippen LogP contribution in [0.2, 0.25) is 0 Å². The van der Waals surface area contributed by atoms with Crippen molar-refractivity contribution >= 4 is 6.09 Å². The molecule has 2 rings (SSSR count). The number of carbonyl (C=O) groups is 1. The first-order valence-electron chi connectivity index (χ1n) is 5.86. The standard InChI is InChI=1S/C14H19NO2/c1-9-6-10(2)12(11(3)7-9)14(4)8-15(5)13(16)17-14/h6-7H,8H2,1-5H3. The van der Waals surface area contributed by atoms with Crippen LogP contribution in [-0.4, -0.2) is 24.6 Å². The van der Waals surface area contributed by atoms with Crippen molar-refractivity contribution in [2.75, 3.05) is 13.6 Å². The molecule has 1 amide bonds. The number of benzene rings is 1. The van der Waals surface area contributed by atoms with Crippen molar-refractivity contribution in [1.82, 2.24) is 4.90 Å². The summed E-state index contributed by atoms with van der Waals surface area (Å²) in [6.07, 6.45) is -0.244. The fourth-order valence-electron chi connectivity index (χ4n) is 2.96. The average molecular weight is 233 g/mol. The highest BCUT2D eigenvalue weighted by Crippen LogP contribution is 2.36. The van der Waals surface area contributed by atoms with Crippen LogP contribution >= 0.6 is 0 Å². The Labute approximate surface area is 102 Å². The number of hydrogen-bond donors (Lipinski definition) is 0. The molecule has 1 heterocycles. The quantitative estimate of drug-likeness (QED) is 0.746. The molecule has 0 N–H and O–H groups in total. The van der Waals surface area contributed by atoms with Crippen LogP contribution in [0.4, 0.5) is 4.79 Å². The van der Waals surface area contributed by atoms with Gasteiger partial charge in [0.05, 0.1) is 6.54 Å².